The van der Waals surface area contributed by atoms with Crippen molar-refractivity contribution in [1.82, 2.24) is 15.0 Å². The van der Waals surface area contributed by atoms with Crippen molar-refractivity contribution >= 4 is 38.9 Å². The van der Waals surface area contributed by atoms with E-state index in [-0.39, 0.29) is 22.3 Å². The Kier molecular flexibility index (Phi) is 5.79. The highest BCUT2D eigenvalue weighted by molar-refractivity contribution is 7.86. The average molecular weight is 443 g/mol. The van der Waals surface area contributed by atoms with Crippen LogP contribution in [0.15, 0.2) is 34.5 Å². The molecule has 9 nitrogen and oxygen atoms in total. The van der Waals surface area contributed by atoms with Gasteiger partial charge in [0.25, 0.3) is 15.9 Å². The lowest BCUT2D eigenvalue weighted by atomic mass is 10.2. The number of H-pyrrole nitrogens is 1. The Balaban J connectivity index is 1.93. The van der Waals surface area contributed by atoms with Gasteiger partial charge in [-0.2, -0.15) is 8.42 Å². The third-order valence-electron chi connectivity index (χ3n) is 3.75. The van der Waals surface area contributed by atoms with Crippen molar-refractivity contribution in [2.45, 2.75) is 30.7 Å². The molecule has 0 amide bonds. The Hall–Kier alpha value is -2.34. The number of nitrogens with zero attached hydrogens (tertiary/aromatic N) is 3. The first kappa shape index (κ1) is 20.4. The highest BCUT2D eigenvalue weighted by atomic mass is 35.5. The summed E-state index contributed by atoms with van der Waals surface area (Å²) in [5, 5.41) is 13.5. The number of hydrogen-bond acceptors (Lipinski definition) is 8. The van der Waals surface area contributed by atoms with E-state index in [1.165, 1.54) is 30.4 Å². The second kappa shape index (κ2) is 7.95. The monoisotopic (exact) mass is 442 g/mol. The topological polar surface area (TPSA) is 128 Å². The van der Waals surface area contributed by atoms with Crippen LogP contribution < -0.4 is 0 Å². The summed E-state index contributed by atoms with van der Waals surface area (Å²) in [6, 6.07) is 6.08. The Morgan fingerprint density at radius 2 is 2.00 bits per heavy atom. The minimum atomic E-state index is -4.13. The Morgan fingerprint density at radius 1 is 1.32 bits per heavy atom. The summed E-state index contributed by atoms with van der Waals surface area (Å²) in [5.41, 5.74) is 1.35. The van der Waals surface area contributed by atoms with E-state index in [0.717, 1.165) is 5.56 Å². The molecular weight excluding hydrogens is 428 g/mol. The average Bonchev–Trinajstić information content (AvgIpc) is 3.28. The number of aromatic nitrogens is 3. The van der Waals surface area contributed by atoms with Gasteiger partial charge in [-0.3, -0.25) is 4.18 Å². The molecule has 0 fully saturated rings. The number of alkyl halides is 1. The first-order valence-electron chi connectivity index (χ1n) is 7.96. The molecule has 0 spiro atoms. The highest BCUT2D eigenvalue weighted by Crippen LogP contribution is 2.32. The van der Waals surface area contributed by atoms with Gasteiger partial charge in [-0.15, -0.1) is 22.9 Å². The fourth-order valence-electron chi connectivity index (χ4n) is 2.37. The van der Waals surface area contributed by atoms with Gasteiger partial charge < -0.3 is 10.1 Å². The van der Waals surface area contributed by atoms with Gasteiger partial charge in [-0.05, 0) is 30.9 Å². The van der Waals surface area contributed by atoms with Crippen LogP contribution >= 0.6 is 22.9 Å². The van der Waals surface area contributed by atoms with Crippen molar-refractivity contribution in [3.8, 4) is 10.8 Å². The summed E-state index contributed by atoms with van der Waals surface area (Å²) in [4.78, 5) is 21.6. The summed E-state index contributed by atoms with van der Waals surface area (Å²) in [6.07, 6.45) is -1.19. The Morgan fingerprint density at radius 3 is 2.57 bits per heavy atom. The van der Waals surface area contributed by atoms with Crippen LogP contribution in [0.4, 0.5) is 5.82 Å². The molecule has 148 valence electrons. The largest absolute Gasteiger partial charge is 0.358 e. The van der Waals surface area contributed by atoms with Crippen molar-refractivity contribution in [3.05, 3.63) is 56.7 Å². The SMILES string of the molecule is Cc1ccc(S(=O)(=O)OC(C)c2nc(-c3nc(CCl)cs3)[nH]c2[N+](=O)[O-])cc1. The van der Waals surface area contributed by atoms with Crippen molar-refractivity contribution in [2.24, 2.45) is 0 Å². The second-order valence-electron chi connectivity index (χ2n) is 5.86. The Bertz CT molecular complexity index is 1110. The van der Waals surface area contributed by atoms with E-state index >= 15 is 0 Å². The molecule has 1 N–H and O–H groups in total. The molecule has 1 aromatic carbocycles. The lowest BCUT2D eigenvalue weighted by molar-refractivity contribution is -0.390. The van der Waals surface area contributed by atoms with Crippen molar-refractivity contribution in [1.29, 1.82) is 0 Å². The van der Waals surface area contributed by atoms with Crippen LogP contribution in [-0.2, 0) is 20.2 Å². The third kappa shape index (κ3) is 4.22. The molecule has 1 unspecified atom stereocenters. The number of nitrogens with one attached hydrogen (secondary N) is 1. The molecule has 0 aliphatic heterocycles. The fraction of sp³-hybridized carbons (Fsp3) is 0.250. The van der Waals surface area contributed by atoms with Gasteiger partial charge in [0.2, 0.25) is 0 Å². The predicted octanol–water partition coefficient (Wildman–Crippen LogP) is 3.96. The molecule has 0 aliphatic carbocycles. The normalized spacial score (nSPS) is 12.8. The quantitative estimate of drug-likeness (QED) is 0.254. The maximum atomic E-state index is 12.5. The van der Waals surface area contributed by atoms with Crippen LogP contribution in [-0.4, -0.2) is 28.3 Å². The third-order valence-corrected chi connectivity index (χ3v) is 6.31. The van der Waals surface area contributed by atoms with E-state index in [9.17, 15) is 18.5 Å². The van der Waals surface area contributed by atoms with Gasteiger partial charge in [0.15, 0.2) is 10.7 Å². The molecule has 0 aliphatic rings. The molecule has 0 bridgehead atoms. The lowest BCUT2D eigenvalue weighted by Gasteiger charge is -2.11. The zero-order valence-electron chi connectivity index (χ0n) is 14.7. The molecule has 1 atom stereocenters. The molecule has 2 heterocycles. The summed E-state index contributed by atoms with van der Waals surface area (Å²) in [5.74, 6) is -0.115. The summed E-state index contributed by atoms with van der Waals surface area (Å²) >= 11 is 6.94. The van der Waals surface area contributed by atoms with E-state index in [1.807, 2.05) is 6.92 Å². The first-order valence-corrected chi connectivity index (χ1v) is 10.8. The molecule has 28 heavy (non-hydrogen) atoms. The second-order valence-corrected chi connectivity index (χ2v) is 8.56. The van der Waals surface area contributed by atoms with Gasteiger partial charge in [-0.1, -0.05) is 17.7 Å². The molecule has 2 aromatic heterocycles. The van der Waals surface area contributed by atoms with Gasteiger partial charge >= 0.3 is 5.82 Å². The Labute approximate surface area is 169 Å². The van der Waals surface area contributed by atoms with Gasteiger partial charge in [-0.25, -0.2) is 15.0 Å². The number of aromatic amines is 1. The molecule has 3 aromatic rings. The molecule has 0 saturated carbocycles. The zero-order valence-corrected chi connectivity index (χ0v) is 17.1. The number of imidazole rings is 1. The lowest BCUT2D eigenvalue weighted by Crippen LogP contribution is -2.11. The predicted molar refractivity (Wildman–Crippen MR) is 104 cm³/mol. The summed E-state index contributed by atoms with van der Waals surface area (Å²) in [7, 11) is -4.13. The number of rotatable bonds is 7. The molecule has 12 heteroatoms. The van der Waals surface area contributed by atoms with Crippen LogP contribution in [0, 0.1) is 17.0 Å². The van der Waals surface area contributed by atoms with Crippen molar-refractivity contribution in [2.75, 3.05) is 0 Å². The smallest absolute Gasteiger partial charge is 0.347 e. The van der Waals surface area contributed by atoms with Crippen LogP contribution in [0.3, 0.4) is 0 Å². The van der Waals surface area contributed by atoms with Gasteiger partial charge in [0.05, 0.1) is 16.5 Å². The summed E-state index contributed by atoms with van der Waals surface area (Å²) < 4.78 is 30.1. The minimum absolute atomic E-state index is 0.0463. The van der Waals surface area contributed by atoms with E-state index in [0.29, 0.717) is 10.7 Å². The van der Waals surface area contributed by atoms with Crippen LogP contribution in [0.2, 0.25) is 0 Å². The van der Waals surface area contributed by atoms with E-state index in [2.05, 4.69) is 15.0 Å². The maximum Gasteiger partial charge on any atom is 0.347 e. The zero-order chi connectivity index (χ0) is 20.5. The molecule has 3 rings (SSSR count). The van der Waals surface area contributed by atoms with Gasteiger partial charge in [0, 0.05) is 5.38 Å². The number of aryl methyl sites for hydroxylation is 1. The van der Waals surface area contributed by atoms with E-state index < -0.39 is 27.0 Å². The van der Waals surface area contributed by atoms with Crippen LogP contribution in [0.5, 0.6) is 0 Å². The minimum Gasteiger partial charge on any atom is -0.358 e. The van der Waals surface area contributed by atoms with Crippen LogP contribution in [0.25, 0.3) is 10.8 Å². The fourth-order valence-corrected chi connectivity index (χ4v) is 4.42. The van der Waals surface area contributed by atoms with Crippen LogP contribution in [0.1, 0.15) is 30.0 Å². The van der Waals surface area contributed by atoms with E-state index in [4.69, 9.17) is 15.8 Å². The molecule has 0 radical (unpaired) electrons. The maximum absolute atomic E-state index is 12.5. The highest BCUT2D eigenvalue weighted by Gasteiger charge is 2.30. The number of halogens is 1. The van der Waals surface area contributed by atoms with Crippen molar-refractivity contribution < 1.29 is 17.5 Å². The van der Waals surface area contributed by atoms with E-state index in [1.54, 1.807) is 17.5 Å². The number of nitro groups is 1. The standard InChI is InChI=1S/C16H15ClN4O5S2/c1-9-3-5-12(6-4-9)28(24,25)26-10(2)13-15(21(22)23)20-14(19-13)16-18-11(7-17)8-27-16/h3-6,8,10H,7H2,1-2H3,(H,19,20). The molecular formula is C16H15ClN4O5S2. The van der Waals surface area contributed by atoms with Crippen molar-refractivity contribution in [3.63, 3.8) is 0 Å². The summed E-state index contributed by atoms with van der Waals surface area (Å²) in [6.45, 7) is 3.20. The molecule has 0 saturated heterocycles. The number of benzene rings is 1. The number of thiazole rings is 1. The van der Waals surface area contributed by atoms with Gasteiger partial charge in [0.1, 0.15) is 6.10 Å². The number of hydrogen-bond donors (Lipinski definition) is 1. The first-order chi connectivity index (χ1) is 13.2.